The molecule has 0 saturated heterocycles. The van der Waals surface area contributed by atoms with Crippen LogP contribution >= 0.6 is 0 Å². The number of rotatable bonds is 5. The van der Waals surface area contributed by atoms with E-state index in [4.69, 9.17) is 14.7 Å². The molecule has 0 fully saturated rings. The molecule has 3 aromatic carbocycles. The van der Waals surface area contributed by atoms with Crippen LogP contribution in [0.4, 0.5) is 17.1 Å². The second-order valence-electron chi connectivity index (χ2n) is 12.4. The summed E-state index contributed by atoms with van der Waals surface area (Å²) in [5, 5.41) is 2.23. The molecule has 226 valence electrons. The molecule has 0 spiro atoms. The van der Waals surface area contributed by atoms with Crippen LogP contribution in [0, 0.1) is 18.8 Å². The van der Waals surface area contributed by atoms with Crippen molar-refractivity contribution in [3.8, 4) is 17.4 Å². The van der Waals surface area contributed by atoms with Crippen molar-refractivity contribution < 1.29 is 25.8 Å². The summed E-state index contributed by atoms with van der Waals surface area (Å²) < 4.78 is 8.62. The first-order chi connectivity index (χ1) is 20.7. The number of hydrogen-bond acceptors (Lipinski definition) is 5. The van der Waals surface area contributed by atoms with Crippen molar-refractivity contribution in [1.29, 1.82) is 0 Å². The number of fused-ring (bicyclic) bond motifs is 4. The molecule has 1 aliphatic heterocycles. The Morgan fingerprint density at radius 1 is 0.864 bits per heavy atom. The molecule has 0 bridgehead atoms. The maximum Gasteiger partial charge on any atom is 0.135 e. The van der Waals surface area contributed by atoms with Gasteiger partial charge in [0.25, 0.3) is 0 Å². The van der Waals surface area contributed by atoms with Gasteiger partial charge in [-0.2, -0.15) is 30.6 Å². The molecule has 6 nitrogen and oxygen atoms in total. The monoisotopic (exact) mass is 759 g/mol. The van der Waals surface area contributed by atoms with E-state index >= 15 is 0 Å². The van der Waals surface area contributed by atoms with E-state index in [2.05, 4.69) is 148 Å². The van der Waals surface area contributed by atoms with Crippen LogP contribution in [0.3, 0.4) is 0 Å². The van der Waals surface area contributed by atoms with E-state index in [1.54, 1.807) is 0 Å². The standard InChI is InChI=1S/C37H34N5O.Pt/c1-24(2)30-20-26(41-23-40(6)32-13-9-10-14-33(32)41)21-36(39-30)43-27-15-16-29-28-11-7-8-12-31(28)42(34(29)22-27)35-19-25(17-18-38-35)37(3,4)5;/h7-20,23-24H,1-6H3;/q-3;. The van der Waals surface area contributed by atoms with Crippen LogP contribution in [-0.4, -0.2) is 21.6 Å². The third-order valence-corrected chi connectivity index (χ3v) is 8.02. The van der Waals surface area contributed by atoms with Crippen LogP contribution in [0.25, 0.3) is 27.6 Å². The number of anilines is 3. The molecule has 0 radical (unpaired) electrons. The van der Waals surface area contributed by atoms with Gasteiger partial charge in [0.1, 0.15) is 11.7 Å². The van der Waals surface area contributed by atoms with Crippen molar-refractivity contribution in [3.05, 3.63) is 115 Å². The Balaban J connectivity index is 0.00000343. The van der Waals surface area contributed by atoms with Crippen molar-refractivity contribution in [3.63, 3.8) is 0 Å². The second kappa shape index (κ2) is 11.4. The molecular weight excluding hydrogens is 726 g/mol. The average molecular weight is 760 g/mol. The van der Waals surface area contributed by atoms with Crippen LogP contribution in [0.5, 0.6) is 11.6 Å². The molecule has 4 heterocycles. The van der Waals surface area contributed by atoms with E-state index in [0.29, 0.717) is 11.6 Å². The van der Waals surface area contributed by atoms with E-state index < -0.39 is 0 Å². The Bertz CT molecular complexity index is 1990. The first kappa shape index (κ1) is 29.9. The van der Waals surface area contributed by atoms with Gasteiger partial charge in [0.15, 0.2) is 0 Å². The van der Waals surface area contributed by atoms with Crippen LogP contribution in [0.15, 0.2) is 85.1 Å². The average Bonchev–Trinajstić information content (AvgIpc) is 3.51. The van der Waals surface area contributed by atoms with Crippen molar-refractivity contribution >= 4 is 38.9 Å². The fourth-order valence-corrected chi connectivity index (χ4v) is 5.68. The van der Waals surface area contributed by atoms with Gasteiger partial charge in [-0.1, -0.05) is 70.5 Å². The molecule has 0 aliphatic carbocycles. The zero-order valence-corrected chi connectivity index (χ0v) is 28.0. The molecule has 3 aromatic heterocycles. The van der Waals surface area contributed by atoms with E-state index in [-0.39, 0.29) is 32.4 Å². The summed E-state index contributed by atoms with van der Waals surface area (Å²) in [6, 6.07) is 34.1. The zero-order chi connectivity index (χ0) is 29.9. The minimum absolute atomic E-state index is 0. The third-order valence-electron chi connectivity index (χ3n) is 8.02. The summed E-state index contributed by atoms with van der Waals surface area (Å²) in [6.07, 6.45) is 1.89. The fourth-order valence-electron chi connectivity index (χ4n) is 5.68. The van der Waals surface area contributed by atoms with E-state index in [0.717, 1.165) is 50.4 Å². The van der Waals surface area contributed by atoms with Crippen LogP contribution in [-0.2, 0) is 26.5 Å². The van der Waals surface area contributed by atoms with Crippen molar-refractivity contribution in [2.75, 3.05) is 16.8 Å². The van der Waals surface area contributed by atoms with Crippen molar-refractivity contribution in [2.45, 2.75) is 46.0 Å². The molecule has 0 N–H and O–H groups in total. The van der Waals surface area contributed by atoms with Gasteiger partial charge in [-0.25, -0.2) is 4.98 Å². The molecular formula is C37H34N5OPt-3. The number of nitrogens with zero attached hydrogens (tertiary/aromatic N) is 5. The van der Waals surface area contributed by atoms with Gasteiger partial charge >= 0.3 is 0 Å². The minimum Gasteiger partial charge on any atom is -0.504 e. The quantitative estimate of drug-likeness (QED) is 0.164. The first-order valence-corrected chi connectivity index (χ1v) is 14.7. The summed E-state index contributed by atoms with van der Waals surface area (Å²) in [5.74, 6) is 2.05. The predicted molar refractivity (Wildman–Crippen MR) is 175 cm³/mol. The Morgan fingerprint density at radius 3 is 2.39 bits per heavy atom. The number of benzene rings is 3. The molecule has 7 heteroatoms. The fraction of sp³-hybridized carbons (Fsp3) is 0.216. The predicted octanol–water partition coefficient (Wildman–Crippen LogP) is 9.09. The second-order valence-corrected chi connectivity index (χ2v) is 12.4. The first-order valence-electron chi connectivity index (χ1n) is 14.7. The Morgan fingerprint density at radius 2 is 1.61 bits per heavy atom. The van der Waals surface area contributed by atoms with Gasteiger partial charge in [0.05, 0.1) is 0 Å². The van der Waals surface area contributed by atoms with E-state index in [1.807, 2.05) is 12.3 Å². The zero-order valence-electron chi connectivity index (χ0n) is 25.7. The molecule has 0 unspecified atom stereocenters. The number of para-hydroxylation sites is 3. The SMILES string of the molecule is CC(C)c1cc(N2[CH-]N(C)c3ccccc32)[c-]c(Oc2[c-]c3c(cc2)c2ccccc2n3-c2cc(C(C)(C)C)ccn2)n1.[Pt]. The molecule has 6 aromatic rings. The van der Waals surface area contributed by atoms with Crippen LogP contribution < -0.4 is 14.5 Å². The smallest absolute Gasteiger partial charge is 0.135 e. The normalized spacial score (nSPS) is 13.1. The van der Waals surface area contributed by atoms with E-state index in [9.17, 15) is 0 Å². The van der Waals surface area contributed by atoms with Crippen molar-refractivity contribution in [2.24, 2.45) is 0 Å². The topological polar surface area (TPSA) is 46.4 Å². The van der Waals surface area contributed by atoms with E-state index in [1.165, 1.54) is 5.56 Å². The summed E-state index contributed by atoms with van der Waals surface area (Å²) in [4.78, 5) is 13.9. The van der Waals surface area contributed by atoms with Crippen LogP contribution in [0.2, 0.25) is 0 Å². The van der Waals surface area contributed by atoms with Gasteiger partial charge in [-0.15, -0.1) is 17.5 Å². The summed E-state index contributed by atoms with van der Waals surface area (Å²) in [5.41, 5.74) is 7.24. The summed E-state index contributed by atoms with van der Waals surface area (Å²) in [7, 11) is 2.05. The Labute approximate surface area is 273 Å². The maximum atomic E-state index is 6.45. The maximum absolute atomic E-state index is 6.45. The number of hydrogen-bond donors (Lipinski definition) is 0. The molecule has 0 amide bonds. The Kier molecular flexibility index (Phi) is 7.75. The Hall–Kier alpha value is -4.15. The summed E-state index contributed by atoms with van der Waals surface area (Å²) in [6.45, 7) is 13.0. The minimum atomic E-state index is -0.00281. The van der Waals surface area contributed by atoms with Gasteiger partial charge in [-0.05, 0) is 65.4 Å². The van der Waals surface area contributed by atoms with Crippen LogP contribution in [0.1, 0.15) is 51.8 Å². The van der Waals surface area contributed by atoms with Crippen molar-refractivity contribution in [1.82, 2.24) is 14.5 Å². The molecule has 0 saturated carbocycles. The van der Waals surface area contributed by atoms with Gasteiger partial charge in [0.2, 0.25) is 0 Å². The largest absolute Gasteiger partial charge is 0.504 e. The van der Waals surface area contributed by atoms with Gasteiger partial charge < -0.3 is 19.1 Å². The molecule has 44 heavy (non-hydrogen) atoms. The number of pyridine rings is 2. The summed E-state index contributed by atoms with van der Waals surface area (Å²) >= 11 is 0. The molecule has 0 atom stereocenters. The molecule has 1 aliphatic rings. The number of ether oxygens (including phenoxy) is 1. The molecule has 7 rings (SSSR count). The third kappa shape index (κ3) is 5.26. The number of aromatic nitrogens is 3. The van der Waals surface area contributed by atoms with Gasteiger partial charge in [-0.3, -0.25) is 4.98 Å². The van der Waals surface area contributed by atoms with Gasteiger partial charge in [0, 0.05) is 49.9 Å².